The first-order valence-electron chi connectivity index (χ1n) is 15.5. The van der Waals surface area contributed by atoms with Crippen LogP contribution in [0.15, 0.2) is 30.3 Å². The van der Waals surface area contributed by atoms with Crippen LogP contribution in [0.5, 0.6) is 0 Å². The average molecular weight is 566 g/mol. The lowest BCUT2D eigenvalue weighted by Crippen LogP contribution is -2.44. The lowest BCUT2D eigenvalue weighted by Gasteiger charge is -2.20. The summed E-state index contributed by atoms with van der Waals surface area (Å²) in [7, 11) is 0. The molecule has 1 heterocycles. The van der Waals surface area contributed by atoms with Gasteiger partial charge >= 0.3 is 0 Å². The minimum absolute atomic E-state index is 0.477. The lowest BCUT2D eigenvalue weighted by molar-refractivity contribution is 0.440. The Hall–Kier alpha value is -0.790. The number of aryl methyl sites for hydroxylation is 1. The molecular formula is C29H59N9S. The van der Waals surface area contributed by atoms with Gasteiger partial charge in [0.15, 0.2) is 0 Å². The van der Waals surface area contributed by atoms with E-state index < -0.39 is 0 Å². The highest BCUT2D eigenvalue weighted by atomic mass is 32.2. The maximum absolute atomic E-state index is 3.78. The molecular weight excluding hydrogens is 506 g/mol. The van der Waals surface area contributed by atoms with E-state index in [0.717, 1.165) is 124 Å². The molecule has 39 heavy (non-hydrogen) atoms. The molecule has 0 spiro atoms. The standard InChI is InChI=1S/C29H59N9S/c1-2-5-28(6-3-1)7-8-29-27-37-20-19-34-16-15-32-13-14-33-17-18-36-24-26-39-25-23-31-10-4-9-30-11-12-35-21-22-38-29/h1-3,5-6,29-38H,4,7-27H2. The molecule has 2 rings (SSSR count). The Morgan fingerprint density at radius 3 is 1.56 bits per heavy atom. The van der Waals surface area contributed by atoms with Crippen molar-refractivity contribution in [3.05, 3.63) is 35.9 Å². The SMILES string of the molecule is c1ccc(CCC2CNCCNCCNCCNCCNCCSCCNCCCNCCNCCN2)cc1. The highest BCUT2D eigenvalue weighted by Gasteiger charge is 2.08. The van der Waals surface area contributed by atoms with E-state index in [-0.39, 0.29) is 0 Å². The van der Waals surface area contributed by atoms with Crippen LogP contribution in [0.4, 0.5) is 0 Å². The van der Waals surface area contributed by atoms with E-state index in [0.29, 0.717) is 6.04 Å². The first kappa shape index (κ1) is 34.4. The summed E-state index contributed by atoms with van der Waals surface area (Å²) in [5.41, 5.74) is 1.42. The van der Waals surface area contributed by atoms with Gasteiger partial charge in [0.2, 0.25) is 0 Å². The summed E-state index contributed by atoms with van der Waals surface area (Å²) in [6, 6.07) is 11.3. The fourth-order valence-electron chi connectivity index (χ4n) is 4.39. The molecule has 226 valence electrons. The van der Waals surface area contributed by atoms with E-state index >= 15 is 0 Å². The van der Waals surface area contributed by atoms with Gasteiger partial charge in [0.25, 0.3) is 0 Å². The predicted molar refractivity (Wildman–Crippen MR) is 171 cm³/mol. The average Bonchev–Trinajstić information content (AvgIpc) is 2.96. The molecule has 1 aliphatic rings. The Morgan fingerprint density at radius 1 is 0.513 bits per heavy atom. The summed E-state index contributed by atoms with van der Waals surface area (Å²) in [4.78, 5) is 0. The first-order valence-corrected chi connectivity index (χ1v) is 16.6. The second-order valence-electron chi connectivity index (χ2n) is 10.1. The molecule has 0 aromatic heterocycles. The maximum Gasteiger partial charge on any atom is 0.0196 e. The first-order chi connectivity index (χ1) is 19.4. The molecule has 0 aliphatic carbocycles. The fourth-order valence-corrected chi connectivity index (χ4v) is 5.17. The van der Waals surface area contributed by atoms with Crippen LogP contribution in [0.25, 0.3) is 0 Å². The van der Waals surface area contributed by atoms with Crippen molar-refractivity contribution in [1.82, 2.24) is 47.9 Å². The Balaban J connectivity index is 1.62. The molecule has 9 nitrogen and oxygen atoms in total. The van der Waals surface area contributed by atoms with Gasteiger partial charge in [-0.1, -0.05) is 30.3 Å². The molecule has 1 aliphatic heterocycles. The van der Waals surface area contributed by atoms with Crippen LogP contribution < -0.4 is 47.9 Å². The Bertz CT molecular complexity index is 594. The third-order valence-corrected chi connectivity index (χ3v) is 7.68. The predicted octanol–water partition coefficient (Wildman–Crippen LogP) is -0.569. The molecule has 1 atom stereocenters. The van der Waals surface area contributed by atoms with Gasteiger partial charge in [-0.05, 0) is 37.9 Å². The van der Waals surface area contributed by atoms with Gasteiger partial charge in [-0.25, -0.2) is 0 Å². The van der Waals surface area contributed by atoms with Crippen LogP contribution in [0.3, 0.4) is 0 Å². The molecule has 0 radical (unpaired) electrons. The molecule has 1 aromatic rings. The summed E-state index contributed by atoms with van der Waals surface area (Å²) in [5.74, 6) is 2.37. The molecule has 0 amide bonds. The molecule has 1 saturated heterocycles. The Morgan fingerprint density at radius 2 is 0.974 bits per heavy atom. The van der Waals surface area contributed by atoms with E-state index in [1.165, 1.54) is 23.5 Å². The van der Waals surface area contributed by atoms with E-state index in [9.17, 15) is 0 Å². The van der Waals surface area contributed by atoms with Gasteiger partial charge in [-0.15, -0.1) is 0 Å². The third kappa shape index (κ3) is 22.6. The molecule has 1 aromatic carbocycles. The van der Waals surface area contributed by atoms with Crippen LogP contribution in [0, 0.1) is 0 Å². The highest BCUT2D eigenvalue weighted by Crippen LogP contribution is 2.04. The summed E-state index contributed by atoms with van der Waals surface area (Å²) >= 11 is 2.03. The number of rotatable bonds is 3. The van der Waals surface area contributed by atoms with Gasteiger partial charge in [0, 0.05) is 116 Å². The molecule has 1 unspecified atom stereocenters. The monoisotopic (exact) mass is 565 g/mol. The van der Waals surface area contributed by atoms with Crippen LogP contribution in [-0.4, -0.2) is 129 Å². The van der Waals surface area contributed by atoms with E-state index in [2.05, 4.69) is 78.2 Å². The zero-order valence-corrected chi connectivity index (χ0v) is 25.2. The van der Waals surface area contributed by atoms with Crippen molar-refractivity contribution in [3.8, 4) is 0 Å². The normalized spacial score (nSPS) is 23.3. The van der Waals surface area contributed by atoms with Crippen LogP contribution in [0.1, 0.15) is 18.4 Å². The van der Waals surface area contributed by atoms with E-state index in [4.69, 9.17) is 0 Å². The molecule has 0 saturated carbocycles. The second-order valence-corrected chi connectivity index (χ2v) is 11.3. The van der Waals surface area contributed by atoms with Crippen molar-refractivity contribution >= 4 is 11.8 Å². The van der Waals surface area contributed by atoms with Gasteiger partial charge in [0.05, 0.1) is 0 Å². The Labute approximate surface area is 243 Å². The fraction of sp³-hybridized carbons (Fsp3) is 0.793. The molecule has 9 N–H and O–H groups in total. The van der Waals surface area contributed by atoms with Crippen molar-refractivity contribution in [2.24, 2.45) is 0 Å². The van der Waals surface area contributed by atoms with Gasteiger partial charge < -0.3 is 47.9 Å². The second kappa shape index (κ2) is 27.4. The van der Waals surface area contributed by atoms with Crippen molar-refractivity contribution < 1.29 is 0 Å². The summed E-state index contributed by atoms with van der Waals surface area (Å²) in [6.07, 6.45) is 3.44. The van der Waals surface area contributed by atoms with E-state index in [1.807, 2.05) is 11.8 Å². The zero-order chi connectivity index (χ0) is 27.3. The van der Waals surface area contributed by atoms with E-state index in [1.54, 1.807) is 0 Å². The van der Waals surface area contributed by atoms with Crippen LogP contribution in [-0.2, 0) is 6.42 Å². The third-order valence-electron chi connectivity index (χ3n) is 6.70. The molecule has 0 bridgehead atoms. The van der Waals surface area contributed by atoms with Crippen molar-refractivity contribution in [3.63, 3.8) is 0 Å². The highest BCUT2D eigenvalue weighted by molar-refractivity contribution is 7.99. The summed E-state index contributed by atoms with van der Waals surface area (Å²) in [5, 5.41) is 32.2. The van der Waals surface area contributed by atoms with Crippen molar-refractivity contribution in [2.75, 3.05) is 123 Å². The Kier molecular flexibility index (Phi) is 24.2. The molecule has 1 fully saturated rings. The van der Waals surface area contributed by atoms with Gasteiger partial charge in [-0.3, -0.25) is 0 Å². The summed E-state index contributed by atoms with van der Waals surface area (Å²) in [6.45, 7) is 17.5. The number of hydrogen-bond acceptors (Lipinski definition) is 10. The minimum Gasteiger partial charge on any atom is -0.316 e. The quantitative estimate of drug-likeness (QED) is 0.237. The number of thioether (sulfide) groups is 1. The number of benzene rings is 1. The number of nitrogens with one attached hydrogen (secondary N) is 9. The smallest absolute Gasteiger partial charge is 0.0196 e. The van der Waals surface area contributed by atoms with Crippen molar-refractivity contribution in [1.29, 1.82) is 0 Å². The largest absolute Gasteiger partial charge is 0.316 e. The zero-order valence-electron chi connectivity index (χ0n) is 24.4. The van der Waals surface area contributed by atoms with Crippen LogP contribution in [0.2, 0.25) is 0 Å². The van der Waals surface area contributed by atoms with Crippen molar-refractivity contribution in [2.45, 2.75) is 25.3 Å². The maximum atomic E-state index is 3.78. The van der Waals surface area contributed by atoms with Gasteiger partial charge in [-0.2, -0.15) is 11.8 Å². The van der Waals surface area contributed by atoms with Crippen LogP contribution >= 0.6 is 11.8 Å². The number of hydrogen-bond donors (Lipinski definition) is 9. The summed E-state index contributed by atoms with van der Waals surface area (Å²) < 4.78 is 0. The topological polar surface area (TPSA) is 108 Å². The minimum atomic E-state index is 0.477. The molecule has 10 heteroatoms. The van der Waals surface area contributed by atoms with Gasteiger partial charge in [0.1, 0.15) is 0 Å². The lowest BCUT2D eigenvalue weighted by atomic mass is 10.1.